The van der Waals surface area contributed by atoms with E-state index in [0.717, 1.165) is 0 Å². The molecule has 0 aromatic rings. The number of hydrogen-bond acceptors (Lipinski definition) is 8. The minimum absolute atomic E-state index is 0.0694. The Balaban J connectivity index is -0.000000170. The monoisotopic (exact) mass is 214 g/mol. The molecule has 0 heterocycles. The molecule has 0 saturated heterocycles. The molecular weight excluding hydrogens is 192 g/mol. The molecule has 0 fully saturated rings. The van der Waals surface area contributed by atoms with Crippen LogP contribution in [0.25, 0.3) is 0 Å². The molecule has 90 valence electrons. The lowest BCUT2D eigenvalue weighted by molar-refractivity contribution is 0.0698. The van der Waals surface area contributed by atoms with Crippen LogP contribution in [0, 0.1) is 0 Å². The van der Waals surface area contributed by atoms with Crippen molar-refractivity contribution < 1.29 is 20.4 Å². The van der Waals surface area contributed by atoms with Crippen molar-refractivity contribution in [2.75, 3.05) is 33.6 Å². The molecule has 11 N–H and O–H groups in total. The highest BCUT2D eigenvalue weighted by Gasteiger charge is 2.20. The van der Waals surface area contributed by atoms with Crippen LogP contribution < -0.4 is 22.7 Å². The zero-order valence-electron chi connectivity index (χ0n) is 8.35. The quantitative estimate of drug-likeness (QED) is 0.132. The first kappa shape index (κ1) is 19.3. The second kappa shape index (κ2) is 15.2. The van der Waals surface area contributed by atoms with Crippen molar-refractivity contribution in [2.24, 2.45) is 17.4 Å². The van der Waals surface area contributed by atoms with Crippen LogP contribution in [0.15, 0.2) is 0 Å². The molecule has 0 unspecified atom stereocenters. The maximum Gasteiger partial charge on any atom is 0.0929 e. The fraction of sp³-hybridized carbons (Fsp3) is 1.00. The van der Waals surface area contributed by atoms with Crippen molar-refractivity contribution in [3.05, 3.63) is 0 Å². The average Bonchev–Trinajstić information content (AvgIpc) is 2.31. The van der Waals surface area contributed by atoms with Crippen molar-refractivity contribution >= 4 is 0 Å². The van der Waals surface area contributed by atoms with Gasteiger partial charge in [0, 0.05) is 0 Å². The van der Waals surface area contributed by atoms with Gasteiger partial charge in [0.05, 0.1) is 32.1 Å². The third-order valence-corrected chi connectivity index (χ3v) is 1.10. The van der Waals surface area contributed by atoms with Gasteiger partial charge >= 0.3 is 0 Å². The van der Waals surface area contributed by atoms with Gasteiger partial charge in [0.1, 0.15) is 0 Å². The number of hydrogen-bond donors (Lipinski definition) is 8. The van der Waals surface area contributed by atoms with Gasteiger partial charge in [0.2, 0.25) is 0 Å². The maximum atomic E-state index is 8.34. The molecule has 0 atom stereocenters. The number of rotatable bonds is 4. The van der Waals surface area contributed by atoms with Crippen LogP contribution in [0.3, 0.4) is 0 Å². The van der Waals surface area contributed by atoms with Crippen molar-refractivity contribution in [1.82, 2.24) is 5.32 Å². The fourth-order valence-corrected chi connectivity index (χ4v) is 0.150. The molecule has 0 bridgehead atoms. The summed E-state index contributed by atoms with van der Waals surface area (Å²) in [6.07, 6.45) is 0. The van der Waals surface area contributed by atoms with Crippen molar-refractivity contribution in [2.45, 2.75) is 5.54 Å². The Morgan fingerprint density at radius 1 is 1.00 bits per heavy atom. The van der Waals surface area contributed by atoms with E-state index in [-0.39, 0.29) is 6.73 Å². The molecule has 0 saturated carbocycles. The lowest BCUT2D eigenvalue weighted by Crippen LogP contribution is -2.50. The largest absolute Gasteiger partial charge is 0.394 e. The van der Waals surface area contributed by atoms with E-state index in [1.165, 1.54) is 0 Å². The third-order valence-electron chi connectivity index (χ3n) is 1.10. The van der Waals surface area contributed by atoms with Crippen LogP contribution in [-0.4, -0.2) is 59.6 Å². The van der Waals surface area contributed by atoms with E-state index in [0.29, 0.717) is 0 Å². The highest BCUT2D eigenvalue weighted by Crippen LogP contribution is 1.93. The first-order valence-electron chi connectivity index (χ1n) is 3.80. The predicted molar refractivity (Wildman–Crippen MR) is 52.7 cm³/mol. The Morgan fingerprint density at radius 3 is 1.21 bits per heavy atom. The first-order chi connectivity index (χ1) is 6.60. The minimum atomic E-state index is -1.21. The van der Waals surface area contributed by atoms with Crippen LogP contribution in [-0.2, 0) is 0 Å². The van der Waals surface area contributed by atoms with Gasteiger partial charge in [0.15, 0.2) is 0 Å². The van der Waals surface area contributed by atoms with Crippen LogP contribution in [0.5, 0.6) is 0 Å². The van der Waals surface area contributed by atoms with E-state index in [1.807, 2.05) is 0 Å². The standard InChI is InChI=1S/C4H11NO3.C2H7NO.H4N2/c5-4(1-6,2-7)3-8;1-3-2-4;1-2/h6-8H,1-3,5H2;3-4H,2H2,1H3;1-2H2. The van der Waals surface area contributed by atoms with Gasteiger partial charge in [-0.3, -0.25) is 17.0 Å². The van der Waals surface area contributed by atoms with Gasteiger partial charge in [-0.05, 0) is 7.05 Å². The summed E-state index contributed by atoms with van der Waals surface area (Å²) in [6.45, 7) is -1.14. The number of nitrogens with two attached hydrogens (primary N) is 3. The van der Waals surface area contributed by atoms with Crippen LogP contribution in [0.1, 0.15) is 0 Å². The highest BCUT2D eigenvalue weighted by atomic mass is 16.3. The van der Waals surface area contributed by atoms with E-state index in [4.69, 9.17) is 26.2 Å². The normalized spacial score (nSPS) is 9.43. The number of aliphatic hydroxyl groups excluding tert-OH is 4. The Labute approximate surface area is 83.3 Å². The molecule has 0 amide bonds. The molecule has 0 spiro atoms. The van der Waals surface area contributed by atoms with E-state index in [9.17, 15) is 0 Å². The van der Waals surface area contributed by atoms with Gasteiger partial charge in [0.25, 0.3) is 0 Å². The Morgan fingerprint density at radius 2 is 1.21 bits per heavy atom. The molecule has 0 aromatic heterocycles. The highest BCUT2D eigenvalue weighted by molar-refractivity contribution is 4.80. The second-order valence-electron chi connectivity index (χ2n) is 2.35. The number of nitrogens with one attached hydrogen (secondary N) is 1. The lowest BCUT2D eigenvalue weighted by atomic mass is 10.1. The van der Waals surface area contributed by atoms with Crippen molar-refractivity contribution in [3.63, 3.8) is 0 Å². The summed E-state index contributed by atoms with van der Waals surface area (Å²) in [6, 6.07) is 0. The van der Waals surface area contributed by atoms with Crippen LogP contribution >= 0.6 is 0 Å². The van der Waals surface area contributed by atoms with Gasteiger partial charge < -0.3 is 26.2 Å². The van der Waals surface area contributed by atoms with Gasteiger partial charge in [-0.15, -0.1) is 0 Å². The number of aliphatic hydroxyl groups is 4. The van der Waals surface area contributed by atoms with Gasteiger partial charge in [-0.1, -0.05) is 0 Å². The summed E-state index contributed by atoms with van der Waals surface area (Å²) in [5.74, 6) is 8.00. The maximum absolute atomic E-state index is 8.34. The van der Waals surface area contributed by atoms with E-state index < -0.39 is 25.4 Å². The Kier molecular flexibility index (Phi) is 20.9. The Bertz CT molecular complexity index is 81.6. The minimum Gasteiger partial charge on any atom is -0.394 e. The first-order valence-corrected chi connectivity index (χ1v) is 3.80. The molecule has 0 aliphatic carbocycles. The van der Waals surface area contributed by atoms with E-state index in [2.05, 4.69) is 17.0 Å². The van der Waals surface area contributed by atoms with Crippen molar-refractivity contribution in [3.8, 4) is 0 Å². The number of hydrazine groups is 1. The van der Waals surface area contributed by atoms with Crippen LogP contribution in [0.4, 0.5) is 0 Å². The third kappa shape index (κ3) is 14.2. The SMILES string of the molecule is CNCO.NC(CO)(CO)CO.NN. The smallest absolute Gasteiger partial charge is 0.0929 e. The lowest BCUT2D eigenvalue weighted by Gasteiger charge is -2.20. The molecule has 0 rings (SSSR count). The van der Waals surface area contributed by atoms with E-state index in [1.54, 1.807) is 7.05 Å². The van der Waals surface area contributed by atoms with Gasteiger partial charge in [-0.2, -0.15) is 0 Å². The van der Waals surface area contributed by atoms with Gasteiger partial charge in [-0.25, -0.2) is 0 Å². The zero-order chi connectivity index (χ0) is 12.0. The summed E-state index contributed by atoms with van der Waals surface area (Å²) in [5.41, 5.74) is 3.94. The van der Waals surface area contributed by atoms with Crippen molar-refractivity contribution in [1.29, 1.82) is 0 Å². The Hall–Kier alpha value is -0.320. The molecule has 0 aromatic carbocycles. The summed E-state index contributed by atoms with van der Waals surface area (Å²) < 4.78 is 0. The molecular formula is C6H22N4O4. The second-order valence-corrected chi connectivity index (χ2v) is 2.35. The molecule has 0 aliphatic heterocycles. The summed E-state index contributed by atoms with van der Waals surface area (Å²) in [5, 5.41) is 35.3. The van der Waals surface area contributed by atoms with Crippen LogP contribution in [0.2, 0.25) is 0 Å². The topological polar surface area (TPSA) is 171 Å². The molecule has 0 aliphatic rings. The summed E-state index contributed by atoms with van der Waals surface area (Å²) in [4.78, 5) is 0. The fourth-order valence-electron chi connectivity index (χ4n) is 0.150. The average molecular weight is 214 g/mol. The molecule has 0 radical (unpaired) electrons. The predicted octanol–water partition coefficient (Wildman–Crippen LogP) is -4.36. The summed E-state index contributed by atoms with van der Waals surface area (Å²) in [7, 11) is 1.68. The molecule has 8 nitrogen and oxygen atoms in total. The van der Waals surface area contributed by atoms with E-state index >= 15 is 0 Å². The summed E-state index contributed by atoms with van der Waals surface area (Å²) >= 11 is 0. The molecule has 8 heteroatoms. The molecule has 14 heavy (non-hydrogen) atoms. The zero-order valence-corrected chi connectivity index (χ0v) is 8.35.